The van der Waals surface area contributed by atoms with Crippen LogP contribution in [-0.2, 0) is 9.53 Å². The van der Waals surface area contributed by atoms with Crippen molar-refractivity contribution < 1.29 is 14.6 Å². The van der Waals surface area contributed by atoms with Crippen LogP contribution in [0.3, 0.4) is 0 Å². The van der Waals surface area contributed by atoms with Crippen LogP contribution in [0.4, 0.5) is 5.95 Å². The van der Waals surface area contributed by atoms with E-state index in [1.807, 2.05) is 4.90 Å². The van der Waals surface area contributed by atoms with Crippen LogP contribution < -0.4 is 10.2 Å². The van der Waals surface area contributed by atoms with Gasteiger partial charge in [0.25, 0.3) is 0 Å². The van der Waals surface area contributed by atoms with E-state index in [9.17, 15) is 9.90 Å². The first-order chi connectivity index (χ1) is 10.1. The Balaban J connectivity index is 1.88. The summed E-state index contributed by atoms with van der Waals surface area (Å²) < 4.78 is 4.86. The van der Waals surface area contributed by atoms with Crippen molar-refractivity contribution in [3.05, 3.63) is 18.5 Å². The molecule has 1 aromatic rings. The number of rotatable bonds is 6. The van der Waals surface area contributed by atoms with E-state index < -0.39 is 5.60 Å². The summed E-state index contributed by atoms with van der Waals surface area (Å²) in [5.74, 6) is 0.500. The zero-order chi connectivity index (χ0) is 15.1. The Hall–Kier alpha value is -1.73. The third-order valence-corrected chi connectivity index (χ3v) is 3.54. The SMILES string of the molecule is COCCC(=O)NCC1(O)CCCN(c2ncccn2)C1. The molecule has 1 atom stereocenters. The third-order valence-electron chi connectivity index (χ3n) is 3.54. The number of β-amino-alcohol motifs (C(OH)–C–C–N with tert-alkyl or cyclic N) is 1. The Labute approximate surface area is 124 Å². The number of ether oxygens (including phenoxy) is 1. The minimum Gasteiger partial charge on any atom is -0.386 e. The van der Waals surface area contributed by atoms with Gasteiger partial charge >= 0.3 is 0 Å². The van der Waals surface area contributed by atoms with Crippen molar-refractivity contribution >= 4 is 11.9 Å². The molecule has 2 rings (SSSR count). The van der Waals surface area contributed by atoms with Gasteiger partial charge < -0.3 is 20.1 Å². The zero-order valence-corrected chi connectivity index (χ0v) is 12.3. The van der Waals surface area contributed by atoms with Gasteiger partial charge in [-0.1, -0.05) is 0 Å². The first kappa shape index (κ1) is 15.7. The molecule has 1 fully saturated rings. The summed E-state index contributed by atoms with van der Waals surface area (Å²) in [5, 5.41) is 13.4. The second kappa shape index (κ2) is 7.33. The van der Waals surface area contributed by atoms with Gasteiger partial charge in [0.15, 0.2) is 0 Å². The molecule has 7 heteroatoms. The second-order valence-electron chi connectivity index (χ2n) is 5.32. The summed E-state index contributed by atoms with van der Waals surface area (Å²) in [4.78, 5) is 22.0. The number of hydrogen-bond donors (Lipinski definition) is 2. The molecule has 0 bridgehead atoms. The van der Waals surface area contributed by atoms with Crippen LogP contribution in [0.25, 0.3) is 0 Å². The van der Waals surface area contributed by atoms with Gasteiger partial charge in [0.2, 0.25) is 11.9 Å². The van der Waals surface area contributed by atoms with Crippen LogP contribution >= 0.6 is 0 Å². The van der Waals surface area contributed by atoms with E-state index in [-0.39, 0.29) is 12.5 Å². The molecule has 1 unspecified atom stereocenters. The van der Waals surface area contributed by atoms with Crippen LogP contribution in [0.2, 0.25) is 0 Å². The Kier molecular flexibility index (Phi) is 5.46. The van der Waals surface area contributed by atoms with E-state index in [0.29, 0.717) is 31.9 Å². The fourth-order valence-corrected chi connectivity index (χ4v) is 2.43. The minimum atomic E-state index is -0.944. The lowest BCUT2D eigenvalue weighted by molar-refractivity contribution is -0.123. The molecule has 1 aliphatic rings. The van der Waals surface area contributed by atoms with Crippen LogP contribution in [-0.4, -0.2) is 59.9 Å². The highest BCUT2D eigenvalue weighted by Gasteiger charge is 2.34. The summed E-state index contributed by atoms with van der Waals surface area (Å²) in [6.07, 6.45) is 5.16. The number of nitrogens with one attached hydrogen (secondary N) is 1. The molecule has 2 N–H and O–H groups in total. The van der Waals surface area contributed by atoms with Crippen molar-refractivity contribution in [3.63, 3.8) is 0 Å². The topological polar surface area (TPSA) is 87.6 Å². The maximum Gasteiger partial charge on any atom is 0.225 e. The average Bonchev–Trinajstić information content (AvgIpc) is 2.52. The highest BCUT2D eigenvalue weighted by atomic mass is 16.5. The normalized spacial score (nSPS) is 22.1. The Morgan fingerprint density at radius 3 is 3.00 bits per heavy atom. The lowest BCUT2D eigenvalue weighted by Gasteiger charge is -2.39. The molecule has 116 valence electrons. The maximum atomic E-state index is 11.6. The molecule has 7 nitrogen and oxygen atoms in total. The molecular formula is C14H22N4O3. The summed E-state index contributed by atoms with van der Waals surface area (Å²) in [6.45, 7) is 1.85. The van der Waals surface area contributed by atoms with Crippen molar-refractivity contribution in [1.29, 1.82) is 0 Å². The molecule has 1 aliphatic heterocycles. The van der Waals surface area contributed by atoms with Gasteiger partial charge in [0, 0.05) is 39.0 Å². The molecule has 1 saturated heterocycles. The van der Waals surface area contributed by atoms with Gasteiger partial charge in [-0.15, -0.1) is 0 Å². The zero-order valence-electron chi connectivity index (χ0n) is 12.3. The number of anilines is 1. The number of aromatic nitrogens is 2. The average molecular weight is 294 g/mol. The standard InChI is InChI=1S/C14H22N4O3/c1-21-9-4-12(19)17-10-14(20)5-2-8-18(11-14)13-15-6-3-7-16-13/h3,6-7,20H,2,4-5,8-11H2,1H3,(H,17,19). The number of amides is 1. The number of carbonyl (C=O) groups excluding carboxylic acids is 1. The molecule has 1 aromatic heterocycles. The molecule has 2 heterocycles. The second-order valence-corrected chi connectivity index (χ2v) is 5.32. The van der Waals surface area contributed by atoms with Crippen LogP contribution in [0.1, 0.15) is 19.3 Å². The molecule has 21 heavy (non-hydrogen) atoms. The molecule has 0 radical (unpaired) electrons. The van der Waals surface area contributed by atoms with Crippen molar-refractivity contribution in [2.24, 2.45) is 0 Å². The highest BCUT2D eigenvalue weighted by Crippen LogP contribution is 2.23. The number of hydrogen-bond acceptors (Lipinski definition) is 6. The minimum absolute atomic E-state index is 0.113. The number of carbonyl (C=O) groups is 1. The van der Waals surface area contributed by atoms with Crippen molar-refractivity contribution in [2.45, 2.75) is 24.9 Å². The van der Waals surface area contributed by atoms with E-state index >= 15 is 0 Å². The van der Waals surface area contributed by atoms with E-state index in [1.54, 1.807) is 25.6 Å². The molecule has 0 aliphatic carbocycles. The third kappa shape index (κ3) is 4.64. The first-order valence-electron chi connectivity index (χ1n) is 7.13. The van der Waals surface area contributed by atoms with Gasteiger partial charge in [-0.3, -0.25) is 4.79 Å². The van der Waals surface area contributed by atoms with Gasteiger partial charge in [0.05, 0.1) is 18.8 Å². The molecular weight excluding hydrogens is 272 g/mol. The molecule has 1 amide bonds. The lowest BCUT2D eigenvalue weighted by Crippen LogP contribution is -2.54. The van der Waals surface area contributed by atoms with Crippen molar-refractivity contribution in [1.82, 2.24) is 15.3 Å². The maximum absolute atomic E-state index is 11.6. The van der Waals surface area contributed by atoms with Gasteiger partial charge in [-0.25, -0.2) is 9.97 Å². The van der Waals surface area contributed by atoms with Crippen LogP contribution in [0, 0.1) is 0 Å². The largest absolute Gasteiger partial charge is 0.386 e. The van der Waals surface area contributed by atoms with Gasteiger partial charge in [0.1, 0.15) is 0 Å². The predicted octanol–water partition coefficient (Wildman–Crippen LogP) is -0.0394. The Bertz CT molecular complexity index is 457. The summed E-state index contributed by atoms with van der Waals surface area (Å²) in [7, 11) is 1.56. The summed E-state index contributed by atoms with van der Waals surface area (Å²) >= 11 is 0. The van der Waals surface area contributed by atoms with Crippen LogP contribution in [0.5, 0.6) is 0 Å². The summed E-state index contributed by atoms with van der Waals surface area (Å²) in [5.41, 5.74) is -0.944. The lowest BCUT2D eigenvalue weighted by atomic mass is 9.93. The Morgan fingerprint density at radius 2 is 2.29 bits per heavy atom. The number of nitrogens with zero attached hydrogens (tertiary/aromatic N) is 3. The van der Waals surface area contributed by atoms with E-state index in [4.69, 9.17) is 4.74 Å². The van der Waals surface area contributed by atoms with Crippen molar-refractivity contribution in [3.8, 4) is 0 Å². The summed E-state index contributed by atoms with van der Waals surface area (Å²) in [6, 6.07) is 1.76. The monoisotopic (exact) mass is 294 g/mol. The molecule has 0 saturated carbocycles. The van der Waals surface area contributed by atoms with E-state index in [1.165, 1.54) is 0 Å². The first-order valence-corrected chi connectivity index (χ1v) is 7.13. The number of piperidine rings is 1. The quantitative estimate of drug-likeness (QED) is 0.765. The van der Waals surface area contributed by atoms with E-state index in [0.717, 1.165) is 13.0 Å². The van der Waals surface area contributed by atoms with E-state index in [2.05, 4.69) is 15.3 Å². The van der Waals surface area contributed by atoms with Gasteiger partial charge in [-0.2, -0.15) is 0 Å². The van der Waals surface area contributed by atoms with Gasteiger partial charge in [-0.05, 0) is 18.9 Å². The highest BCUT2D eigenvalue weighted by molar-refractivity contribution is 5.76. The number of methoxy groups -OCH3 is 1. The predicted molar refractivity (Wildman–Crippen MR) is 77.9 cm³/mol. The smallest absolute Gasteiger partial charge is 0.225 e. The van der Waals surface area contributed by atoms with Crippen LogP contribution in [0.15, 0.2) is 18.5 Å². The fraction of sp³-hybridized carbons (Fsp3) is 0.643. The van der Waals surface area contributed by atoms with Crippen molar-refractivity contribution in [2.75, 3.05) is 38.3 Å². The molecule has 0 spiro atoms. The number of aliphatic hydroxyl groups is 1. The molecule has 0 aromatic carbocycles. The Morgan fingerprint density at radius 1 is 1.52 bits per heavy atom. The fourth-order valence-electron chi connectivity index (χ4n) is 2.43.